The molecule has 0 radical (unpaired) electrons. The van der Waals surface area contributed by atoms with Crippen molar-refractivity contribution in [2.75, 3.05) is 20.7 Å². The Morgan fingerprint density at radius 2 is 2.00 bits per heavy atom. The fourth-order valence-corrected chi connectivity index (χ4v) is 2.20. The summed E-state index contributed by atoms with van der Waals surface area (Å²) in [6, 6.07) is 10.3. The number of hydrogen-bond acceptors (Lipinski definition) is 3. The molecule has 0 saturated carbocycles. The summed E-state index contributed by atoms with van der Waals surface area (Å²) in [6.07, 6.45) is 4.05. The number of methoxy groups -OCH3 is 1. The van der Waals surface area contributed by atoms with Gasteiger partial charge in [-0.15, -0.1) is 24.0 Å². The first-order chi connectivity index (χ1) is 9.19. The number of hydrogen-bond donors (Lipinski definition) is 0. The lowest BCUT2D eigenvalue weighted by atomic mass is 10.1. The smallest absolute Gasteiger partial charge is 0.0947 e. The maximum Gasteiger partial charge on any atom is 0.0947 e. The number of ether oxygens (including phenoxy) is 1. The third-order valence-electron chi connectivity index (χ3n) is 3.14. The maximum atomic E-state index is 5.59. The highest BCUT2D eigenvalue weighted by atomic mass is 127. The summed E-state index contributed by atoms with van der Waals surface area (Å²) in [5, 5.41) is 4.19. The molecule has 1 heterocycles. The van der Waals surface area contributed by atoms with Crippen molar-refractivity contribution in [2.45, 2.75) is 12.6 Å². The van der Waals surface area contributed by atoms with Crippen molar-refractivity contribution in [1.82, 2.24) is 14.7 Å². The van der Waals surface area contributed by atoms with Crippen LogP contribution in [0.5, 0.6) is 0 Å². The molecule has 5 heteroatoms. The molecule has 1 atom stereocenters. The van der Waals surface area contributed by atoms with Crippen LogP contribution in [0.2, 0.25) is 0 Å². The second-order valence-corrected chi connectivity index (χ2v) is 4.85. The van der Waals surface area contributed by atoms with E-state index in [4.69, 9.17) is 4.74 Å². The highest BCUT2D eigenvalue weighted by Gasteiger charge is 2.13. The second kappa shape index (κ2) is 8.39. The van der Waals surface area contributed by atoms with Gasteiger partial charge in [0.15, 0.2) is 0 Å². The Kier molecular flexibility index (Phi) is 7.18. The minimum absolute atomic E-state index is 0. The van der Waals surface area contributed by atoms with Gasteiger partial charge in [-0.2, -0.15) is 5.10 Å². The molecular weight excluding hydrogens is 365 g/mol. The predicted molar refractivity (Wildman–Crippen MR) is 91.1 cm³/mol. The van der Waals surface area contributed by atoms with Gasteiger partial charge in [0.05, 0.1) is 12.3 Å². The summed E-state index contributed by atoms with van der Waals surface area (Å²) in [6.45, 7) is 1.73. The molecular formula is C15H22IN3O. The Labute approximate surface area is 137 Å². The summed E-state index contributed by atoms with van der Waals surface area (Å²) in [5.41, 5.74) is 2.43. The standard InChI is InChI=1S/C15H21N3O.HI/c1-17(10-13-9-16-18(2)11-13)12-15(19-3)14-7-5-4-6-8-14;/h4-9,11,15H,10,12H2,1-3H3;1H. The fourth-order valence-electron chi connectivity index (χ4n) is 2.20. The third-order valence-corrected chi connectivity index (χ3v) is 3.14. The van der Waals surface area contributed by atoms with Crippen LogP contribution in [0.4, 0.5) is 0 Å². The van der Waals surface area contributed by atoms with Crippen LogP contribution < -0.4 is 0 Å². The minimum atomic E-state index is 0. The van der Waals surface area contributed by atoms with Gasteiger partial charge in [0.1, 0.15) is 0 Å². The van der Waals surface area contributed by atoms with E-state index in [9.17, 15) is 0 Å². The molecule has 0 fully saturated rings. The highest BCUT2D eigenvalue weighted by molar-refractivity contribution is 14.0. The largest absolute Gasteiger partial charge is 0.375 e. The van der Waals surface area contributed by atoms with E-state index in [1.54, 1.807) is 7.11 Å². The van der Waals surface area contributed by atoms with E-state index in [-0.39, 0.29) is 30.1 Å². The molecule has 20 heavy (non-hydrogen) atoms. The van der Waals surface area contributed by atoms with Crippen molar-refractivity contribution in [1.29, 1.82) is 0 Å². The molecule has 1 aromatic heterocycles. The predicted octanol–water partition coefficient (Wildman–Crippen LogP) is 2.86. The first-order valence-electron chi connectivity index (χ1n) is 6.43. The van der Waals surface area contributed by atoms with Gasteiger partial charge in [0, 0.05) is 39.0 Å². The summed E-state index contributed by atoms with van der Waals surface area (Å²) < 4.78 is 7.41. The first-order valence-corrected chi connectivity index (χ1v) is 6.43. The van der Waals surface area contributed by atoms with E-state index in [1.807, 2.05) is 42.3 Å². The maximum absolute atomic E-state index is 5.59. The van der Waals surface area contributed by atoms with Gasteiger partial charge < -0.3 is 4.74 Å². The number of rotatable bonds is 6. The lowest BCUT2D eigenvalue weighted by Gasteiger charge is -2.23. The Morgan fingerprint density at radius 3 is 2.55 bits per heavy atom. The zero-order valence-corrected chi connectivity index (χ0v) is 14.5. The van der Waals surface area contributed by atoms with Crippen molar-refractivity contribution < 1.29 is 4.74 Å². The van der Waals surface area contributed by atoms with Crippen molar-refractivity contribution >= 4 is 24.0 Å². The van der Waals surface area contributed by atoms with E-state index in [0.717, 1.165) is 13.1 Å². The molecule has 0 aliphatic heterocycles. The zero-order valence-electron chi connectivity index (χ0n) is 12.2. The average molecular weight is 387 g/mol. The first kappa shape index (κ1) is 17.1. The number of halogens is 1. The summed E-state index contributed by atoms with van der Waals surface area (Å²) in [5.74, 6) is 0. The lowest BCUT2D eigenvalue weighted by Crippen LogP contribution is -2.25. The fraction of sp³-hybridized carbons (Fsp3) is 0.400. The van der Waals surface area contributed by atoms with Gasteiger partial charge in [-0.25, -0.2) is 0 Å². The van der Waals surface area contributed by atoms with Crippen LogP contribution in [-0.2, 0) is 18.3 Å². The number of nitrogens with zero attached hydrogens (tertiary/aromatic N) is 3. The number of aromatic nitrogens is 2. The van der Waals surface area contributed by atoms with Gasteiger partial charge in [0.2, 0.25) is 0 Å². The van der Waals surface area contributed by atoms with Crippen molar-refractivity contribution in [3.05, 3.63) is 53.9 Å². The minimum Gasteiger partial charge on any atom is -0.375 e. The van der Waals surface area contributed by atoms with Crippen molar-refractivity contribution in [2.24, 2.45) is 7.05 Å². The van der Waals surface area contributed by atoms with Gasteiger partial charge in [0.25, 0.3) is 0 Å². The Morgan fingerprint density at radius 1 is 1.30 bits per heavy atom. The van der Waals surface area contributed by atoms with E-state index < -0.39 is 0 Å². The third kappa shape index (κ3) is 4.88. The molecule has 110 valence electrons. The van der Waals surface area contributed by atoms with E-state index in [2.05, 4.69) is 29.2 Å². The molecule has 1 unspecified atom stereocenters. The molecule has 2 rings (SSSR count). The Bertz CT molecular complexity index is 501. The van der Waals surface area contributed by atoms with Crippen LogP contribution >= 0.6 is 24.0 Å². The normalized spacial score (nSPS) is 12.2. The Balaban J connectivity index is 0.00000200. The molecule has 2 aromatic rings. The molecule has 4 nitrogen and oxygen atoms in total. The average Bonchev–Trinajstić information content (AvgIpc) is 2.82. The monoisotopic (exact) mass is 387 g/mol. The second-order valence-electron chi connectivity index (χ2n) is 4.85. The van der Waals surface area contributed by atoms with Crippen LogP contribution in [0.3, 0.4) is 0 Å². The molecule has 0 saturated heterocycles. The molecule has 0 spiro atoms. The van der Waals surface area contributed by atoms with Gasteiger partial charge in [-0.05, 0) is 12.6 Å². The molecule has 0 bridgehead atoms. The summed E-state index contributed by atoms with van der Waals surface area (Å²) >= 11 is 0. The quantitative estimate of drug-likeness (QED) is 0.715. The van der Waals surface area contributed by atoms with Gasteiger partial charge in [-0.1, -0.05) is 30.3 Å². The number of aryl methyl sites for hydroxylation is 1. The van der Waals surface area contributed by atoms with Gasteiger partial charge >= 0.3 is 0 Å². The molecule has 0 N–H and O–H groups in total. The SMILES string of the molecule is COC(CN(C)Cc1cnn(C)c1)c1ccccc1.I. The molecule has 0 amide bonds. The van der Waals surface area contributed by atoms with Crippen LogP contribution in [0.15, 0.2) is 42.7 Å². The van der Waals surface area contributed by atoms with E-state index in [0.29, 0.717) is 0 Å². The Hall–Kier alpha value is -0.920. The molecule has 0 aliphatic rings. The number of benzene rings is 1. The molecule has 1 aromatic carbocycles. The molecule has 0 aliphatic carbocycles. The summed E-state index contributed by atoms with van der Waals surface area (Å²) in [4.78, 5) is 2.25. The van der Waals surface area contributed by atoms with E-state index >= 15 is 0 Å². The van der Waals surface area contributed by atoms with Crippen LogP contribution in [0.1, 0.15) is 17.2 Å². The van der Waals surface area contributed by atoms with Crippen LogP contribution in [0, 0.1) is 0 Å². The van der Waals surface area contributed by atoms with E-state index in [1.165, 1.54) is 11.1 Å². The van der Waals surface area contributed by atoms with Crippen molar-refractivity contribution in [3.8, 4) is 0 Å². The zero-order chi connectivity index (χ0) is 13.7. The van der Waals surface area contributed by atoms with Crippen molar-refractivity contribution in [3.63, 3.8) is 0 Å². The van der Waals surface area contributed by atoms with Gasteiger partial charge in [-0.3, -0.25) is 9.58 Å². The highest BCUT2D eigenvalue weighted by Crippen LogP contribution is 2.17. The number of likely N-dealkylation sites (N-methyl/N-ethyl adjacent to an activating group) is 1. The summed E-state index contributed by atoms with van der Waals surface area (Å²) in [7, 11) is 5.79. The van der Waals surface area contributed by atoms with Crippen LogP contribution in [-0.4, -0.2) is 35.4 Å². The lowest BCUT2D eigenvalue weighted by molar-refractivity contribution is 0.0696. The topological polar surface area (TPSA) is 30.3 Å². The van der Waals surface area contributed by atoms with Crippen LogP contribution in [0.25, 0.3) is 0 Å².